The van der Waals surface area contributed by atoms with E-state index in [9.17, 15) is 10.1 Å². The Morgan fingerprint density at radius 1 is 1.31 bits per heavy atom. The number of hydrogen-bond donors (Lipinski definition) is 1. The van der Waals surface area contributed by atoms with Gasteiger partial charge in [0.2, 0.25) is 5.88 Å². The molecule has 29 heavy (non-hydrogen) atoms. The maximum absolute atomic E-state index is 13.4. The zero-order valence-corrected chi connectivity index (χ0v) is 17.2. The zero-order valence-electron chi connectivity index (χ0n) is 17.2. The average Bonchev–Trinajstić information content (AvgIpc) is 2.67. The Morgan fingerprint density at radius 3 is 2.59 bits per heavy atom. The van der Waals surface area contributed by atoms with E-state index in [-0.39, 0.29) is 17.0 Å². The Labute approximate surface area is 170 Å². The number of benzene rings is 1. The van der Waals surface area contributed by atoms with Gasteiger partial charge in [-0.15, -0.1) is 0 Å². The van der Waals surface area contributed by atoms with Gasteiger partial charge in [-0.1, -0.05) is 12.1 Å². The van der Waals surface area contributed by atoms with Gasteiger partial charge in [0.25, 0.3) is 5.56 Å². The highest BCUT2D eigenvalue weighted by molar-refractivity contribution is 5.55. The molecule has 0 spiro atoms. The third-order valence-electron chi connectivity index (χ3n) is 4.99. The molecule has 7 nitrogen and oxygen atoms in total. The highest BCUT2D eigenvalue weighted by atomic mass is 16.5. The Morgan fingerprint density at radius 2 is 2.00 bits per heavy atom. The standard InChI is InChI=1S/C22H26N4O3/c1-5-28-16-8-6-15(7-9-16)19-17(13-23)21(24)29-18-12-14(2)26(11-10-25(3)4)22(27)20(18)19/h6-9,12,19H,5,10-11,24H2,1-4H3/t19-/m1/s1. The van der Waals surface area contributed by atoms with Crippen LogP contribution >= 0.6 is 0 Å². The van der Waals surface area contributed by atoms with Crippen LogP contribution in [0.2, 0.25) is 0 Å². The van der Waals surface area contributed by atoms with Crippen LogP contribution in [-0.2, 0) is 6.54 Å². The summed E-state index contributed by atoms with van der Waals surface area (Å²) in [6, 6.07) is 11.3. The van der Waals surface area contributed by atoms with E-state index in [0.29, 0.717) is 24.5 Å². The fourth-order valence-electron chi connectivity index (χ4n) is 3.52. The maximum atomic E-state index is 13.4. The summed E-state index contributed by atoms with van der Waals surface area (Å²) in [5.41, 5.74) is 8.12. The second kappa shape index (κ2) is 8.41. The molecule has 0 fully saturated rings. The van der Waals surface area contributed by atoms with Crippen LogP contribution in [0.3, 0.4) is 0 Å². The van der Waals surface area contributed by atoms with Gasteiger partial charge in [-0.05, 0) is 45.6 Å². The molecule has 1 aliphatic rings. The lowest BCUT2D eigenvalue weighted by atomic mass is 9.84. The number of nitrogens with zero attached hydrogens (tertiary/aromatic N) is 3. The number of rotatable bonds is 6. The van der Waals surface area contributed by atoms with Crippen molar-refractivity contribution in [2.75, 3.05) is 27.2 Å². The van der Waals surface area contributed by atoms with E-state index in [0.717, 1.165) is 23.6 Å². The molecule has 1 atom stereocenters. The van der Waals surface area contributed by atoms with E-state index in [1.54, 1.807) is 4.57 Å². The van der Waals surface area contributed by atoms with Gasteiger partial charge in [-0.25, -0.2) is 0 Å². The summed E-state index contributed by atoms with van der Waals surface area (Å²) < 4.78 is 12.9. The number of likely N-dealkylation sites (N-methyl/N-ethyl adjacent to an activating group) is 1. The first-order valence-electron chi connectivity index (χ1n) is 9.56. The van der Waals surface area contributed by atoms with Crippen LogP contribution in [0, 0.1) is 18.3 Å². The van der Waals surface area contributed by atoms with Crippen LogP contribution in [0.4, 0.5) is 0 Å². The Kier molecular flexibility index (Phi) is 5.95. The van der Waals surface area contributed by atoms with Crippen LogP contribution in [0.5, 0.6) is 11.5 Å². The van der Waals surface area contributed by atoms with Crippen molar-refractivity contribution in [3.8, 4) is 17.6 Å². The number of pyridine rings is 1. The molecule has 0 saturated heterocycles. The molecule has 2 N–H and O–H groups in total. The molecule has 0 amide bonds. The number of nitriles is 1. The lowest BCUT2D eigenvalue weighted by Gasteiger charge is -2.27. The van der Waals surface area contributed by atoms with Crippen LogP contribution in [0.15, 0.2) is 46.6 Å². The van der Waals surface area contributed by atoms with Gasteiger partial charge in [0.05, 0.1) is 18.1 Å². The van der Waals surface area contributed by atoms with E-state index >= 15 is 0 Å². The maximum Gasteiger partial charge on any atom is 0.258 e. The number of hydrogen-bond acceptors (Lipinski definition) is 6. The van der Waals surface area contributed by atoms with Gasteiger partial charge in [0, 0.05) is 24.8 Å². The predicted molar refractivity (Wildman–Crippen MR) is 111 cm³/mol. The Hall–Kier alpha value is -3.24. The topological polar surface area (TPSA) is 93.5 Å². The monoisotopic (exact) mass is 394 g/mol. The molecule has 0 radical (unpaired) electrons. The first-order valence-corrected chi connectivity index (χ1v) is 9.56. The van der Waals surface area contributed by atoms with E-state index in [4.69, 9.17) is 15.2 Å². The average molecular weight is 394 g/mol. The van der Waals surface area contributed by atoms with E-state index < -0.39 is 5.92 Å². The lowest BCUT2D eigenvalue weighted by Crippen LogP contribution is -2.34. The van der Waals surface area contributed by atoms with Crippen molar-refractivity contribution in [2.45, 2.75) is 26.3 Å². The quantitative estimate of drug-likeness (QED) is 0.808. The van der Waals surface area contributed by atoms with Gasteiger partial charge < -0.3 is 24.7 Å². The molecule has 2 heterocycles. The summed E-state index contributed by atoms with van der Waals surface area (Å²) in [6.07, 6.45) is 0. The molecule has 3 rings (SSSR count). The van der Waals surface area contributed by atoms with Gasteiger partial charge in [-0.2, -0.15) is 5.26 Å². The highest BCUT2D eigenvalue weighted by Crippen LogP contribution is 2.40. The second-order valence-electron chi connectivity index (χ2n) is 7.25. The normalized spacial score (nSPS) is 15.7. The molecule has 1 aromatic heterocycles. The molecule has 0 bridgehead atoms. The van der Waals surface area contributed by atoms with Crippen molar-refractivity contribution in [3.05, 3.63) is 69.0 Å². The molecule has 0 saturated carbocycles. The Bertz CT molecular complexity index is 1030. The fraction of sp³-hybridized carbons (Fsp3) is 0.364. The highest BCUT2D eigenvalue weighted by Gasteiger charge is 2.34. The molecule has 2 aromatic rings. The molecular weight excluding hydrogens is 368 g/mol. The number of nitrogens with two attached hydrogens (primary N) is 1. The second-order valence-corrected chi connectivity index (χ2v) is 7.25. The van der Waals surface area contributed by atoms with Crippen LogP contribution in [0.25, 0.3) is 0 Å². The number of allylic oxidation sites excluding steroid dienone is 1. The largest absolute Gasteiger partial charge is 0.494 e. The minimum Gasteiger partial charge on any atom is -0.494 e. The van der Waals surface area contributed by atoms with Crippen molar-refractivity contribution in [2.24, 2.45) is 5.73 Å². The third-order valence-corrected chi connectivity index (χ3v) is 4.99. The fourth-order valence-corrected chi connectivity index (χ4v) is 3.52. The van der Waals surface area contributed by atoms with Gasteiger partial charge >= 0.3 is 0 Å². The summed E-state index contributed by atoms with van der Waals surface area (Å²) in [5, 5.41) is 9.74. The first-order chi connectivity index (χ1) is 13.9. The zero-order chi connectivity index (χ0) is 21.1. The first kappa shape index (κ1) is 20.5. The molecule has 1 aliphatic heterocycles. The summed E-state index contributed by atoms with van der Waals surface area (Å²) in [4.78, 5) is 15.5. The molecule has 152 valence electrons. The molecule has 7 heteroatoms. The number of aryl methyl sites for hydroxylation is 1. The van der Waals surface area contributed by atoms with E-state index in [2.05, 4.69) is 6.07 Å². The van der Waals surface area contributed by atoms with Crippen LogP contribution in [-0.4, -0.2) is 36.7 Å². The van der Waals surface area contributed by atoms with Gasteiger partial charge in [0.15, 0.2) is 0 Å². The van der Waals surface area contributed by atoms with Crippen molar-refractivity contribution < 1.29 is 9.47 Å². The van der Waals surface area contributed by atoms with Crippen LogP contribution < -0.4 is 20.8 Å². The van der Waals surface area contributed by atoms with Crippen molar-refractivity contribution in [1.29, 1.82) is 5.26 Å². The van der Waals surface area contributed by atoms with Gasteiger partial charge in [0.1, 0.15) is 23.1 Å². The summed E-state index contributed by atoms with van der Waals surface area (Å²) in [6.45, 7) is 5.61. The minimum absolute atomic E-state index is 0.0312. The molecule has 1 aromatic carbocycles. The van der Waals surface area contributed by atoms with Crippen molar-refractivity contribution in [1.82, 2.24) is 9.47 Å². The number of fused-ring (bicyclic) bond motifs is 1. The minimum atomic E-state index is -0.585. The van der Waals surface area contributed by atoms with Gasteiger partial charge in [-0.3, -0.25) is 4.79 Å². The lowest BCUT2D eigenvalue weighted by molar-refractivity contribution is 0.340. The molecular formula is C22H26N4O3. The van der Waals surface area contributed by atoms with Crippen LogP contribution in [0.1, 0.15) is 29.7 Å². The van der Waals surface area contributed by atoms with E-state index in [1.165, 1.54) is 0 Å². The Balaban J connectivity index is 2.17. The molecule has 0 aliphatic carbocycles. The number of ether oxygens (including phenoxy) is 2. The summed E-state index contributed by atoms with van der Waals surface area (Å²) in [7, 11) is 3.92. The molecule has 0 unspecified atom stereocenters. The number of aromatic nitrogens is 1. The summed E-state index contributed by atoms with van der Waals surface area (Å²) in [5.74, 6) is 0.581. The SMILES string of the molecule is CCOc1ccc([C@@H]2C(C#N)=C(N)Oc3cc(C)n(CCN(C)C)c(=O)c32)cc1. The van der Waals surface area contributed by atoms with E-state index in [1.807, 2.05) is 63.2 Å². The summed E-state index contributed by atoms with van der Waals surface area (Å²) >= 11 is 0. The van der Waals surface area contributed by atoms with Crippen molar-refractivity contribution in [3.63, 3.8) is 0 Å². The van der Waals surface area contributed by atoms with Crippen molar-refractivity contribution >= 4 is 0 Å². The predicted octanol–water partition coefficient (Wildman–Crippen LogP) is 2.34. The smallest absolute Gasteiger partial charge is 0.258 e. The third kappa shape index (κ3) is 3.98.